The van der Waals surface area contributed by atoms with Crippen LogP contribution in [-0.2, 0) is 4.74 Å². The smallest absolute Gasteiger partial charge is 0.375 e. The molecule has 0 atom stereocenters. The summed E-state index contributed by atoms with van der Waals surface area (Å²) in [5.74, 6) is -0.711. The van der Waals surface area contributed by atoms with Gasteiger partial charge in [0.15, 0.2) is 0 Å². The Morgan fingerprint density at radius 2 is 2.06 bits per heavy atom. The Balaban J connectivity index is 2.55. The SMILES string of the molecule is COC(=O)c1occ(-c2ccccc2)c1C#N. The van der Waals surface area contributed by atoms with E-state index in [4.69, 9.17) is 9.68 Å². The predicted molar refractivity (Wildman–Crippen MR) is 60.2 cm³/mol. The Bertz CT molecular complexity index is 578. The number of nitrogens with zero attached hydrogens (tertiary/aromatic N) is 1. The van der Waals surface area contributed by atoms with Crippen molar-refractivity contribution in [3.63, 3.8) is 0 Å². The Hall–Kier alpha value is -2.54. The summed E-state index contributed by atoms with van der Waals surface area (Å²) in [7, 11) is 1.24. The van der Waals surface area contributed by atoms with Gasteiger partial charge in [-0.05, 0) is 5.56 Å². The molecule has 0 aliphatic carbocycles. The molecular weight excluding hydrogens is 218 g/mol. The minimum atomic E-state index is -0.649. The molecule has 4 nitrogen and oxygen atoms in total. The number of benzene rings is 1. The largest absolute Gasteiger partial charge is 0.463 e. The summed E-state index contributed by atoms with van der Waals surface area (Å²) >= 11 is 0. The van der Waals surface area contributed by atoms with E-state index in [-0.39, 0.29) is 11.3 Å². The standard InChI is InChI=1S/C13H9NO3/c1-16-13(15)12-10(7-14)11(8-17-12)9-5-3-2-4-6-9/h2-6,8H,1H3. The number of methoxy groups -OCH3 is 1. The summed E-state index contributed by atoms with van der Waals surface area (Å²) in [4.78, 5) is 11.4. The third-order valence-electron chi connectivity index (χ3n) is 2.36. The van der Waals surface area contributed by atoms with Gasteiger partial charge in [0.1, 0.15) is 17.9 Å². The number of carbonyl (C=O) groups excluding carboxylic acids is 1. The number of hydrogen-bond acceptors (Lipinski definition) is 4. The van der Waals surface area contributed by atoms with Crippen LogP contribution in [0.1, 0.15) is 16.1 Å². The molecule has 84 valence electrons. The zero-order valence-electron chi connectivity index (χ0n) is 9.14. The van der Waals surface area contributed by atoms with E-state index in [1.165, 1.54) is 13.4 Å². The molecule has 0 aliphatic rings. The van der Waals surface area contributed by atoms with Crippen molar-refractivity contribution in [1.29, 1.82) is 5.26 Å². The van der Waals surface area contributed by atoms with E-state index in [9.17, 15) is 4.79 Å². The highest BCUT2D eigenvalue weighted by Crippen LogP contribution is 2.27. The van der Waals surface area contributed by atoms with Gasteiger partial charge in [0.2, 0.25) is 5.76 Å². The second-order valence-corrected chi connectivity index (χ2v) is 3.32. The zero-order valence-corrected chi connectivity index (χ0v) is 9.14. The molecule has 0 N–H and O–H groups in total. The summed E-state index contributed by atoms with van der Waals surface area (Å²) in [6.45, 7) is 0. The van der Waals surface area contributed by atoms with E-state index in [1.54, 1.807) is 0 Å². The van der Waals surface area contributed by atoms with E-state index in [2.05, 4.69) is 4.74 Å². The summed E-state index contributed by atoms with van der Waals surface area (Å²) in [5.41, 5.74) is 1.61. The molecule has 0 saturated heterocycles. The Morgan fingerprint density at radius 1 is 1.35 bits per heavy atom. The summed E-state index contributed by atoms with van der Waals surface area (Å²) in [6, 6.07) is 11.2. The summed E-state index contributed by atoms with van der Waals surface area (Å²) < 4.78 is 9.64. The molecule has 17 heavy (non-hydrogen) atoms. The third-order valence-corrected chi connectivity index (χ3v) is 2.36. The van der Waals surface area contributed by atoms with Crippen LogP contribution in [0.25, 0.3) is 11.1 Å². The van der Waals surface area contributed by atoms with Crippen molar-refractivity contribution < 1.29 is 13.9 Å². The zero-order chi connectivity index (χ0) is 12.3. The van der Waals surface area contributed by atoms with Crippen molar-refractivity contribution in [2.45, 2.75) is 0 Å². The van der Waals surface area contributed by atoms with Crippen LogP contribution in [0.4, 0.5) is 0 Å². The average Bonchev–Trinajstić information content (AvgIpc) is 2.82. The summed E-state index contributed by atoms with van der Waals surface area (Å²) in [6.07, 6.45) is 1.39. The number of ether oxygens (including phenoxy) is 1. The molecule has 0 radical (unpaired) electrons. The second-order valence-electron chi connectivity index (χ2n) is 3.32. The van der Waals surface area contributed by atoms with Gasteiger partial charge in [0, 0.05) is 5.56 Å². The molecule has 0 saturated carbocycles. The van der Waals surface area contributed by atoms with Gasteiger partial charge in [-0.15, -0.1) is 0 Å². The van der Waals surface area contributed by atoms with Crippen molar-refractivity contribution in [3.05, 3.63) is 47.9 Å². The van der Waals surface area contributed by atoms with E-state index in [1.807, 2.05) is 36.4 Å². The van der Waals surface area contributed by atoms with Gasteiger partial charge in [-0.1, -0.05) is 30.3 Å². The molecule has 1 aromatic heterocycles. The van der Waals surface area contributed by atoms with Gasteiger partial charge in [-0.3, -0.25) is 0 Å². The van der Waals surface area contributed by atoms with Gasteiger partial charge in [0.25, 0.3) is 0 Å². The Labute approximate surface area is 98.0 Å². The molecule has 4 heteroatoms. The van der Waals surface area contributed by atoms with Crippen molar-refractivity contribution in [1.82, 2.24) is 0 Å². The molecule has 2 aromatic rings. The highest BCUT2D eigenvalue weighted by atomic mass is 16.5. The summed E-state index contributed by atoms with van der Waals surface area (Å²) in [5, 5.41) is 9.08. The molecule has 2 rings (SSSR count). The first kappa shape index (κ1) is 11.0. The first-order valence-corrected chi connectivity index (χ1v) is 4.93. The number of carbonyl (C=O) groups is 1. The fourth-order valence-corrected chi connectivity index (χ4v) is 1.54. The van der Waals surface area contributed by atoms with E-state index in [0.717, 1.165) is 5.56 Å². The van der Waals surface area contributed by atoms with Crippen molar-refractivity contribution in [2.75, 3.05) is 7.11 Å². The van der Waals surface area contributed by atoms with Crippen LogP contribution in [0.5, 0.6) is 0 Å². The number of esters is 1. The minimum absolute atomic E-state index is 0.0612. The average molecular weight is 227 g/mol. The first-order valence-electron chi connectivity index (χ1n) is 4.93. The van der Waals surface area contributed by atoms with E-state index >= 15 is 0 Å². The van der Waals surface area contributed by atoms with Crippen molar-refractivity contribution in [2.24, 2.45) is 0 Å². The topological polar surface area (TPSA) is 63.2 Å². The van der Waals surface area contributed by atoms with E-state index in [0.29, 0.717) is 5.56 Å². The van der Waals surface area contributed by atoms with Crippen LogP contribution >= 0.6 is 0 Å². The van der Waals surface area contributed by atoms with Crippen LogP contribution in [0.2, 0.25) is 0 Å². The minimum Gasteiger partial charge on any atom is -0.463 e. The monoisotopic (exact) mass is 227 g/mol. The van der Waals surface area contributed by atoms with Crippen LogP contribution in [-0.4, -0.2) is 13.1 Å². The number of nitriles is 1. The Morgan fingerprint density at radius 3 is 2.65 bits per heavy atom. The maximum Gasteiger partial charge on any atom is 0.375 e. The van der Waals surface area contributed by atoms with Crippen LogP contribution in [0, 0.1) is 11.3 Å². The first-order chi connectivity index (χ1) is 8.27. The quantitative estimate of drug-likeness (QED) is 0.740. The second kappa shape index (κ2) is 4.54. The highest BCUT2D eigenvalue weighted by Gasteiger charge is 2.21. The molecule has 0 fully saturated rings. The van der Waals surface area contributed by atoms with E-state index < -0.39 is 5.97 Å². The molecular formula is C13H9NO3. The molecule has 0 amide bonds. The third kappa shape index (κ3) is 1.91. The normalized spacial score (nSPS) is 9.65. The molecule has 0 unspecified atom stereocenters. The van der Waals surface area contributed by atoms with Crippen LogP contribution in [0.3, 0.4) is 0 Å². The number of rotatable bonds is 2. The maximum atomic E-state index is 11.4. The van der Waals surface area contributed by atoms with Gasteiger partial charge in [-0.25, -0.2) is 4.79 Å². The van der Waals surface area contributed by atoms with Crippen molar-refractivity contribution >= 4 is 5.97 Å². The Kier molecular flexibility index (Phi) is 2.93. The lowest BCUT2D eigenvalue weighted by Crippen LogP contribution is -2.01. The lowest BCUT2D eigenvalue weighted by atomic mass is 10.0. The van der Waals surface area contributed by atoms with Gasteiger partial charge in [-0.2, -0.15) is 5.26 Å². The van der Waals surface area contributed by atoms with Crippen molar-refractivity contribution in [3.8, 4) is 17.2 Å². The van der Waals surface area contributed by atoms with Gasteiger partial charge in [0.05, 0.1) is 7.11 Å². The molecule has 0 aliphatic heterocycles. The lowest BCUT2D eigenvalue weighted by molar-refractivity contribution is 0.0564. The number of hydrogen-bond donors (Lipinski definition) is 0. The number of furan rings is 1. The molecule has 0 bridgehead atoms. The van der Waals surface area contributed by atoms with Gasteiger partial charge < -0.3 is 9.15 Å². The van der Waals surface area contributed by atoms with Crippen LogP contribution in [0.15, 0.2) is 41.0 Å². The molecule has 0 spiro atoms. The predicted octanol–water partition coefficient (Wildman–Crippen LogP) is 2.60. The lowest BCUT2D eigenvalue weighted by Gasteiger charge is -1.97. The molecule has 1 heterocycles. The highest BCUT2D eigenvalue weighted by molar-refractivity contribution is 5.92. The van der Waals surface area contributed by atoms with Gasteiger partial charge >= 0.3 is 5.97 Å². The fourth-order valence-electron chi connectivity index (χ4n) is 1.54. The molecule has 1 aromatic carbocycles. The van der Waals surface area contributed by atoms with Crippen LogP contribution < -0.4 is 0 Å². The maximum absolute atomic E-state index is 11.4. The fraction of sp³-hybridized carbons (Fsp3) is 0.0769.